The summed E-state index contributed by atoms with van der Waals surface area (Å²) in [5, 5.41) is 27.9. The molecule has 0 aromatic heterocycles. The molecule has 36 heavy (non-hydrogen) atoms. The van der Waals surface area contributed by atoms with Gasteiger partial charge < -0.3 is 20.2 Å². The first-order chi connectivity index (χ1) is 17.1. The van der Waals surface area contributed by atoms with Crippen LogP contribution in [-0.2, 0) is 25.7 Å². The van der Waals surface area contributed by atoms with Gasteiger partial charge in [-0.3, -0.25) is 38.8 Å². The fourth-order valence-electron chi connectivity index (χ4n) is 4.04. The van der Waals surface area contributed by atoms with Crippen molar-refractivity contribution in [1.82, 2.24) is 24.5 Å². The van der Waals surface area contributed by atoms with Gasteiger partial charge in [0.15, 0.2) is 0 Å². The molecular formula is C24H37N5O7. The molecule has 0 spiro atoms. The van der Waals surface area contributed by atoms with E-state index in [0.717, 1.165) is 5.56 Å². The Balaban J connectivity index is 2.11. The number of carboxylic acid groups (broad SMARTS) is 3. The Morgan fingerprint density at radius 2 is 0.972 bits per heavy atom. The Morgan fingerprint density at radius 1 is 0.639 bits per heavy atom. The van der Waals surface area contributed by atoms with Gasteiger partial charge in [-0.2, -0.15) is 0 Å². The van der Waals surface area contributed by atoms with E-state index in [4.69, 9.17) is 0 Å². The zero-order valence-corrected chi connectivity index (χ0v) is 20.8. The molecule has 12 nitrogen and oxygen atoms in total. The zero-order valence-electron chi connectivity index (χ0n) is 20.8. The first-order valence-electron chi connectivity index (χ1n) is 11.9. The van der Waals surface area contributed by atoms with E-state index in [1.165, 1.54) is 0 Å². The smallest absolute Gasteiger partial charge is 0.317 e. The summed E-state index contributed by atoms with van der Waals surface area (Å²) in [7, 11) is 1.73. The minimum Gasteiger partial charge on any atom is -0.480 e. The lowest BCUT2D eigenvalue weighted by atomic mass is 10.2. The van der Waals surface area contributed by atoms with E-state index in [0.29, 0.717) is 58.9 Å². The van der Waals surface area contributed by atoms with E-state index in [1.54, 1.807) is 26.6 Å². The highest BCUT2D eigenvalue weighted by Crippen LogP contribution is 2.05. The molecule has 1 aromatic carbocycles. The monoisotopic (exact) mass is 507 g/mol. The third-order valence-corrected chi connectivity index (χ3v) is 6.05. The molecule has 0 atom stereocenters. The molecule has 0 bridgehead atoms. The van der Waals surface area contributed by atoms with E-state index < -0.39 is 17.9 Å². The lowest BCUT2D eigenvalue weighted by molar-refractivity contribution is -0.140. The maximum atomic E-state index is 13.0. The van der Waals surface area contributed by atoms with Crippen LogP contribution in [0.2, 0.25) is 0 Å². The van der Waals surface area contributed by atoms with Gasteiger partial charge in [-0.15, -0.1) is 0 Å². The van der Waals surface area contributed by atoms with Crippen molar-refractivity contribution in [1.29, 1.82) is 0 Å². The number of carboxylic acids is 3. The number of carbonyl (C=O) groups is 4. The molecule has 0 aliphatic carbocycles. The average Bonchev–Trinajstić information content (AvgIpc) is 2.80. The van der Waals surface area contributed by atoms with Crippen LogP contribution in [0, 0.1) is 0 Å². The van der Waals surface area contributed by atoms with Crippen LogP contribution in [0.3, 0.4) is 0 Å². The predicted molar refractivity (Wildman–Crippen MR) is 132 cm³/mol. The summed E-state index contributed by atoms with van der Waals surface area (Å²) in [5.74, 6) is -3.05. The predicted octanol–water partition coefficient (Wildman–Crippen LogP) is -0.880. The van der Waals surface area contributed by atoms with Crippen LogP contribution < -0.4 is 0 Å². The molecule has 1 heterocycles. The number of hydrogen-bond donors (Lipinski definition) is 3. The number of hydrogen-bond acceptors (Lipinski definition) is 8. The summed E-state index contributed by atoms with van der Waals surface area (Å²) in [5.41, 5.74) is 1.01. The Kier molecular flexibility index (Phi) is 12.3. The number of carbonyl (C=O) groups excluding carboxylic acids is 1. The number of nitrogens with zero attached hydrogens (tertiary/aromatic N) is 5. The molecule has 3 N–H and O–H groups in total. The van der Waals surface area contributed by atoms with Gasteiger partial charge in [0.2, 0.25) is 5.91 Å². The van der Waals surface area contributed by atoms with Crippen LogP contribution in [0.4, 0.5) is 0 Å². The van der Waals surface area contributed by atoms with Crippen LogP contribution in [0.5, 0.6) is 0 Å². The van der Waals surface area contributed by atoms with Crippen molar-refractivity contribution in [3.63, 3.8) is 0 Å². The fraction of sp³-hybridized carbons (Fsp3) is 0.583. The van der Waals surface area contributed by atoms with Crippen molar-refractivity contribution < 1.29 is 34.5 Å². The van der Waals surface area contributed by atoms with Crippen molar-refractivity contribution in [2.45, 2.75) is 6.54 Å². The molecule has 2 rings (SSSR count). The maximum absolute atomic E-state index is 13.0. The van der Waals surface area contributed by atoms with Crippen molar-refractivity contribution in [3.8, 4) is 0 Å². The summed E-state index contributed by atoms with van der Waals surface area (Å²) >= 11 is 0. The molecular weight excluding hydrogens is 470 g/mol. The third kappa shape index (κ3) is 11.6. The van der Waals surface area contributed by atoms with Gasteiger partial charge in [0.05, 0.1) is 26.2 Å². The topological polar surface area (TPSA) is 145 Å². The average molecular weight is 508 g/mol. The number of amides is 1. The highest BCUT2D eigenvalue weighted by Gasteiger charge is 2.22. The van der Waals surface area contributed by atoms with E-state index in [1.807, 2.05) is 35.2 Å². The molecule has 1 amide bonds. The molecule has 0 saturated carbocycles. The standard InChI is InChI=1S/C24H37N5O7/c1-25(15-20-5-3-2-4-6-20)21(30)16-26-7-9-27(17-22(31)32)11-13-29(19-24(35)36)14-12-28(10-8-26)18-23(33)34/h2-6H,7-19H2,1H3,(H,31,32)(H,33,34)(H,35,36). The maximum Gasteiger partial charge on any atom is 0.317 e. The van der Waals surface area contributed by atoms with Crippen molar-refractivity contribution in [2.75, 3.05) is 85.6 Å². The fourth-order valence-corrected chi connectivity index (χ4v) is 4.04. The van der Waals surface area contributed by atoms with Gasteiger partial charge in [-0.1, -0.05) is 30.3 Å². The number of rotatable bonds is 10. The summed E-state index contributed by atoms with van der Waals surface area (Å²) in [6, 6.07) is 9.63. The van der Waals surface area contributed by atoms with Gasteiger partial charge in [0, 0.05) is 66.0 Å². The molecule has 1 aliphatic heterocycles. The van der Waals surface area contributed by atoms with Crippen molar-refractivity contribution >= 4 is 23.8 Å². The SMILES string of the molecule is CN(Cc1ccccc1)C(=O)CN1CCN(CC(=O)O)CCN(CC(=O)O)CCN(CC(=O)O)CC1. The number of benzene rings is 1. The summed E-state index contributed by atoms with van der Waals surface area (Å²) in [4.78, 5) is 55.7. The van der Waals surface area contributed by atoms with E-state index >= 15 is 0 Å². The van der Waals surface area contributed by atoms with E-state index in [9.17, 15) is 34.5 Å². The lowest BCUT2D eigenvalue weighted by Crippen LogP contribution is -2.49. The van der Waals surface area contributed by atoms with Crippen LogP contribution in [0.1, 0.15) is 5.56 Å². The van der Waals surface area contributed by atoms with Crippen LogP contribution in [0.15, 0.2) is 30.3 Å². The normalized spacial score (nSPS) is 17.6. The number of aliphatic carboxylic acids is 3. The molecule has 1 saturated heterocycles. The van der Waals surface area contributed by atoms with Crippen LogP contribution >= 0.6 is 0 Å². The Bertz CT molecular complexity index is 838. The van der Waals surface area contributed by atoms with Gasteiger partial charge in [-0.05, 0) is 5.56 Å². The summed E-state index contributed by atoms with van der Waals surface area (Å²) < 4.78 is 0. The molecule has 0 radical (unpaired) electrons. The molecule has 200 valence electrons. The third-order valence-electron chi connectivity index (χ3n) is 6.05. The van der Waals surface area contributed by atoms with Crippen LogP contribution in [-0.4, -0.2) is 149 Å². The zero-order chi connectivity index (χ0) is 26.5. The largest absolute Gasteiger partial charge is 0.480 e. The molecule has 1 aromatic rings. The minimum absolute atomic E-state index is 0.0897. The van der Waals surface area contributed by atoms with E-state index in [2.05, 4.69) is 0 Å². The van der Waals surface area contributed by atoms with Crippen molar-refractivity contribution in [2.24, 2.45) is 0 Å². The Hall–Kier alpha value is -3.06. The lowest BCUT2D eigenvalue weighted by Gasteiger charge is -2.33. The van der Waals surface area contributed by atoms with E-state index in [-0.39, 0.29) is 32.1 Å². The minimum atomic E-state index is -0.999. The first-order valence-corrected chi connectivity index (χ1v) is 11.9. The van der Waals surface area contributed by atoms with Crippen molar-refractivity contribution in [3.05, 3.63) is 35.9 Å². The molecule has 0 unspecified atom stereocenters. The first kappa shape index (κ1) is 29.2. The summed E-state index contributed by atoms with van der Waals surface area (Å²) in [6.07, 6.45) is 0. The second kappa shape index (κ2) is 15.1. The quantitative estimate of drug-likeness (QED) is 0.363. The molecule has 1 fully saturated rings. The molecule has 1 aliphatic rings. The summed E-state index contributed by atoms with van der Waals surface area (Å²) in [6.45, 7) is 2.92. The highest BCUT2D eigenvalue weighted by molar-refractivity contribution is 5.78. The Morgan fingerprint density at radius 3 is 1.31 bits per heavy atom. The second-order valence-corrected chi connectivity index (χ2v) is 9.02. The highest BCUT2D eigenvalue weighted by atomic mass is 16.4. The van der Waals surface area contributed by atoms with Crippen LogP contribution in [0.25, 0.3) is 0 Å². The molecule has 12 heteroatoms. The van der Waals surface area contributed by atoms with Gasteiger partial charge in [-0.25, -0.2) is 0 Å². The number of likely N-dealkylation sites (N-methyl/N-ethyl adjacent to an activating group) is 1. The van der Waals surface area contributed by atoms with Gasteiger partial charge in [0.1, 0.15) is 0 Å². The van der Waals surface area contributed by atoms with Gasteiger partial charge in [0.25, 0.3) is 0 Å². The Labute approximate surface area is 211 Å². The van der Waals surface area contributed by atoms with Gasteiger partial charge >= 0.3 is 17.9 Å². The second-order valence-electron chi connectivity index (χ2n) is 9.02.